The van der Waals surface area contributed by atoms with Gasteiger partial charge in [0.1, 0.15) is 0 Å². The fourth-order valence-corrected chi connectivity index (χ4v) is 2.29. The highest BCUT2D eigenvalue weighted by atomic mass is 32.2. The predicted octanol–water partition coefficient (Wildman–Crippen LogP) is 0.408. The lowest BCUT2D eigenvalue weighted by atomic mass is 9.93. The Hall–Kier alpha value is -1.59. The average Bonchev–Trinajstić information content (AvgIpc) is 2.29. The van der Waals surface area contributed by atoms with Crippen LogP contribution in [0, 0.1) is 0 Å². The van der Waals surface area contributed by atoms with Crippen LogP contribution in [0.1, 0.15) is 11.1 Å². The number of rotatable bonds is 1. The van der Waals surface area contributed by atoms with E-state index >= 15 is 0 Å². The van der Waals surface area contributed by atoms with Crippen LogP contribution in [-0.2, 0) is 16.0 Å². The first-order chi connectivity index (χ1) is 7.60. The Labute approximate surface area is 93.9 Å². The van der Waals surface area contributed by atoms with Gasteiger partial charge in [0.05, 0.1) is 0 Å². The first-order valence-electron chi connectivity index (χ1n) is 4.42. The molecule has 0 fully saturated rings. The van der Waals surface area contributed by atoms with Crippen LogP contribution in [0.5, 0.6) is 0 Å². The second-order valence-corrected chi connectivity index (χ2v) is 4.34. The van der Waals surface area contributed by atoms with Crippen LogP contribution in [0.4, 0.5) is 0 Å². The highest BCUT2D eigenvalue weighted by Gasteiger charge is 2.45. The Morgan fingerprint density at radius 2 is 2.06 bits per heavy atom. The van der Waals surface area contributed by atoms with E-state index in [2.05, 4.69) is 4.79 Å². The SMILES string of the molecule is [N-]=[N+]=C1C=Cc2ccccc2C1(O)S(=O)[O-]. The maximum Gasteiger partial charge on any atom is 0.339 e. The zero-order valence-electron chi connectivity index (χ0n) is 8.03. The normalized spacial score (nSPS) is 24.8. The Kier molecular flexibility index (Phi) is 2.57. The van der Waals surface area contributed by atoms with Gasteiger partial charge < -0.3 is 15.2 Å². The Morgan fingerprint density at radius 3 is 2.69 bits per heavy atom. The highest BCUT2D eigenvalue weighted by molar-refractivity contribution is 7.81. The molecule has 2 rings (SSSR count). The van der Waals surface area contributed by atoms with Gasteiger partial charge in [-0.05, 0) is 22.7 Å². The van der Waals surface area contributed by atoms with Gasteiger partial charge in [-0.2, -0.15) is 4.79 Å². The third-order valence-corrected chi connectivity index (χ3v) is 3.35. The summed E-state index contributed by atoms with van der Waals surface area (Å²) in [5, 5.41) is 10.1. The molecule has 0 heterocycles. The lowest BCUT2D eigenvalue weighted by molar-refractivity contribution is -0.0245. The van der Waals surface area contributed by atoms with Crippen molar-refractivity contribution in [2.24, 2.45) is 0 Å². The van der Waals surface area contributed by atoms with Gasteiger partial charge in [-0.1, -0.05) is 24.3 Å². The molecule has 2 atom stereocenters. The van der Waals surface area contributed by atoms with Gasteiger partial charge in [-0.25, -0.2) is 0 Å². The molecule has 1 aliphatic carbocycles. The van der Waals surface area contributed by atoms with Crippen molar-refractivity contribution >= 4 is 22.9 Å². The molecule has 0 radical (unpaired) electrons. The molecule has 0 bridgehead atoms. The number of benzene rings is 1. The number of nitrogens with zero attached hydrogens (tertiary/aromatic N) is 2. The standard InChI is InChI=1S/C10H8N2O3S/c11-12-9-6-5-7-3-1-2-4-8(7)10(9,13)16(14)15/h1-6,13H,(H,14,15)/p-1. The molecule has 0 amide bonds. The maximum absolute atomic E-state index is 11.1. The van der Waals surface area contributed by atoms with Crippen molar-refractivity contribution in [3.63, 3.8) is 0 Å². The van der Waals surface area contributed by atoms with Gasteiger partial charge >= 0.3 is 5.71 Å². The van der Waals surface area contributed by atoms with Crippen molar-refractivity contribution in [3.8, 4) is 0 Å². The minimum absolute atomic E-state index is 0.179. The van der Waals surface area contributed by atoms with Crippen LogP contribution in [0.15, 0.2) is 30.3 Å². The Balaban J connectivity index is 2.78. The molecule has 6 heteroatoms. The van der Waals surface area contributed by atoms with Crippen molar-refractivity contribution in [3.05, 3.63) is 47.0 Å². The quantitative estimate of drug-likeness (QED) is 0.433. The van der Waals surface area contributed by atoms with Gasteiger partial charge in [-0.15, -0.1) is 0 Å². The fraction of sp³-hybridized carbons (Fsp3) is 0.100. The molecule has 0 spiro atoms. The topological polar surface area (TPSA) is 96.8 Å². The van der Waals surface area contributed by atoms with Crippen LogP contribution in [0.25, 0.3) is 11.6 Å². The largest absolute Gasteiger partial charge is 0.769 e. The fourth-order valence-electron chi connectivity index (χ4n) is 1.65. The molecule has 1 aliphatic rings. The van der Waals surface area contributed by atoms with E-state index < -0.39 is 16.0 Å². The first-order valence-corrected chi connectivity index (χ1v) is 5.50. The molecule has 0 saturated heterocycles. The van der Waals surface area contributed by atoms with E-state index in [1.165, 1.54) is 12.1 Å². The van der Waals surface area contributed by atoms with Gasteiger partial charge in [0.25, 0.3) is 4.93 Å². The number of hydrogen-bond donors (Lipinski definition) is 1. The predicted molar refractivity (Wildman–Crippen MR) is 56.9 cm³/mol. The summed E-state index contributed by atoms with van der Waals surface area (Å²) < 4.78 is 22.3. The van der Waals surface area contributed by atoms with E-state index in [1.54, 1.807) is 24.3 Å². The van der Waals surface area contributed by atoms with Crippen LogP contribution >= 0.6 is 0 Å². The van der Waals surface area contributed by atoms with Crippen molar-refractivity contribution in [1.82, 2.24) is 0 Å². The lowest BCUT2D eigenvalue weighted by Crippen LogP contribution is -2.41. The third kappa shape index (κ3) is 1.36. The molecule has 1 N–H and O–H groups in total. The number of hydrogen-bond acceptors (Lipinski definition) is 3. The summed E-state index contributed by atoms with van der Waals surface area (Å²) >= 11 is -2.85. The highest BCUT2D eigenvalue weighted by Crippen LogP contribution is 2.33. The number of aliphatic hydroxyl groups is 1. The molecular weight excluding hydrogens is 228 g/mol. The van der Waals surface area contributed by atoms with Crippen LogP contribution in [-0.4, -0.2) is 24.4 Å². The Morgan fingerprint density at radius 1 is 1.38 bits per heavy atom. The number of fused-ring (bicyclic) bond motifs is 1. The summed E-state index contributed by atoms with van der Waals surface area (Å²) in [6.45, 7) is 0. The second kappa shape index (κ2) is 3.77. The van der Waals surface area contributed by atoms with E-state index in [1.807, 2.05) is 0 Å². The van der Waals surface area contributed by atoms with Crippen molar-refractivity contribution in [2.75, 3.05) is 0 Å². The molecule has 1 aromatic carbocycles. The van der Waals surface area contributed by atoms with E-state index in [0.29, 0.717) is 5.56 Å². The van der Waals surface area contributed by atoms with E-state index in [4.69, 9.17) is 5.53 Å². The Bertz CT molecular complexity index is 549. The summed E-state index contributed by atoms with van der Waals surface area (Å²) in [4.78, 5) is 0.516. The summed E-state index contributed by atoms with van der Waals surface area (Å²) in [5.41, 5.74) is 9.13. The maximum atomic E-state index is 11.1. The molecule has 0 aromatic heterocycles. The summed E-state index contributed by atoms with van der Waals surface area (Å²) in [5.74, 6) is 0. The molecule has 2 unspecified atom stereocenters. The molecule has 1 aromatic rings. The third-order valence-electron chi connectivity index (χ3n) is 2.44. The van der Waals surface area contributed by atoms with Gasteiger partial charge in [0, 0.05) is 11.6 Å². The van der Waals surface area contributed by atoms with Gasteiger partial charge in [0.2, 0.25) is 0 Å². The molecule has 82 valence electrons. The zero-order valence-corrected chi connectivity index (χ0v) is 8.85. The van der Waals surface area contributed by atoms with E-state index in [0.717, 1.165) is 0 Å². The molecule has 0 saturated carbocycles. The zero-order chi connectivity index (χ0) is 11.8. The van der Waals surface area contributed by atoms with Crippen LogP contribution < -0.4 is 0 Å². The van der Waals surface area contributed by atoms with Crippen molar-refractivity contribution in [2.45, 2.75) is 4.93 Å². The monoisotopic (exact) mass is 235 g/mol. The average molecular weight is 235 g/mol. The summed E-state index contributed by atoms with van der Waals surface area (Å²) in [6.07, 6.45) is 2.84. The second-order valence-electron chi connectivity index (χ2n) is 3.28. The lowest BCUT2D eigenvalue weighted by Gasteiger charge is -2.29. The van der Waals surface area contributed by atoms with E-state index in [9.17, 15) is 13.9 Å². The minimum Gasteiger partial charge on any atom is -0.769 e. The minimum atomic E-state index is -2.85. The smallest absolute Gasteiger partial charge is 0.339 e. The van der Waals surface area contributed by atoms with Crippen molar-refractivity contribution < 1.29 is 18.7 Å². The molecule has 16 heavy (non-hydrogen) atoms. The van der Waals surface area contributed by atoms with E-state index in [-0.39, 0.29) is 11.3 Å². The summed E-state index contributed by atoms with van der Waals surface area (Å²) in [6, 6.07) is 6.46. The molecule has 5 nitrogen and oxygen atoms in total. The molecular formula is C10H7N2O3S-. The first kappa shape index (κ1) is 10.9. The van der Waals surface area contributed by atoms with Gasteiger partial charge in [0.15, 0.2) is 0 Å². The van der Waals surface area contributed by atoms with Crippen molar-refractivity contribution in [1.29, 1.82) is 0 Å². The summed E-state index contributed by atoms with van der Waals surface area (Å²) in [7, 11) is 0. The van der Waals surface area contributed by atoms with Crippen LogP contribution in [0.3, 0.4) is 0 Å². The van der Waals surface area contributed by atoms with Crippen LogP contribution in [0.2, 0.25) is 0 Å². The molecule has 0 aliphatic heterocycles. The van der Waals surface area contributed by atoms with Gasteiger partial charge in [-0.3, -0.25) is 4.21 Å².